The molecule has 1 N–H and O–H groups in total. The second kappa shape index (κ2) is 4.71. The predicted molar refractivity (Wildman–Crippen MR) is 74.2 cm³/mol. The normalized spacial score (nSPS) is 15.1. The van der Waals surface area contributed by atoms with E-state index in [0.717, 1.165) is 0 Å². The molecule has 0 unspecified atom stereocenters. The van der Waals surface area contributed by atoms with Crippen LogP contribution in [0.5, 0.6) is 5.75 Å². The number of aromatic carboxylic acids is 1. The number of benzene rings is 2. The van der Waals surface area contributed by atoms with Crippen molar-refractivity contribution >= 4 is 21.9 Å². The Labute approximate surface area is 120 Å². The zero-order valence-electron chi connectivity index (χ0n) is 10.6. The lowest BCUT2D eigenvalue weighted by molar-refractivity contribution is 0.0696. The molecule has 0 fully saturated rings. The van der Waals surface area contributed by atoms with E-state index in [2.05, 4.69) is 4.40 Å². The first kappa shape index (κ1) is 13.3. The van der Waals surface area contributed by atoms with E-state index < -0.39 is 16.0 Å². The Morgan fingerprint density at radius 1 is 1.10 bits per heavy atom. The minimum absolute atomic E-state index is 0.0437. The summed E-state index contributed by atoms with van der Waals surface area (Å²) in [7, 11) is -3.75. The Bertz CT molecular complexity index is 870. The van der Waals surface area contributed by atoms with Gasteiger partial charge in [-0.15, -0.1) is 4.40 Å². The lowest BCUT2D eigenvalue weighted by Gasteiger charge is -2.06. The fraction of sp³-hybridized carbons (Fsp3) is 0. The topological polar surface area (TPSA) is 93.0 Å². The van der Waals surface area contributed by atoms with Gasteiger partial charge in [0.2, 0.25) is 5.90 Å². The molecule has 1 aliphatic rings. The number of fused-ring (bicyclic) bond motifs is 1. The maximum atomic E-state index is 11.9. The van der Waals surface area contributed by atoms with Gasteiger partial charge in [-0.05, 0) is 30.3 Å². The fourth-order valence-corrected chi connectivity index (χ4v) is 3.09. The van der Waals surface area contributed by atoms with Crippen molar-refractivity contribution in [1.29, 1.82) is 0 Å². The first-order chi connectivity index (χ1) is 9.97. The van der Waals surface area contributed by atoms with Gasteiger partial charge >= 0.3 is 5.97 Å². The largest absolute Gasteiger partial charge is 0.478 e. The lowest BCUT2D eigenvalue weighted by atomic mass is 10.2. The maximum absolute atomic E-state index is 11.9. The van der Waals surface area contributed by atoms with Crippen molar-refractivity contribution in [2.45, 2.75) is 4.90 Å². The van der Waals surface area contributed by atoms with Crippen LogP contribution >= 0.6 is 0 Å². The van der Waals surface area contributed by atoms with Crippen molar-refractivity contribution in [1.82, 2.24) is 0 Å². The molecule has 0 atom stereocenters. The smallest absolute Gasteiger partial charge is 0.335 e. The molecule has 0 aliphatic carbocycles. The predicted octanol–water partition coefficient (Wildman–Crippen LogP) is 1.91. The van der Waals surface area contributed by atoms with Crippen molar-refractivity contribution in [2.24, 2.45) is 4.40 Å². The summed E-state index contributed by atoms with van der Waals surface area (Å²) in [6, 6.07) is 12.1. The minimum Gasteiger partial charge on any atom is -0.478 e. The molecule has 0 amide bonds. The molecule has 0 radical (unpaired) electrons. The summed E-state index contributed by atoms with van der Waals surface area (Å²) in [6.45, 7) is 0. The standard InChI is InChI=1S/C14H9NO5S/c16-14(17)9-4-3-5-10(8-9)20-13-11-6-1-2-7-12(11)21(18,19)15-13/h1-8H,(H,16,17). The van der Waals surface area contributed by atoms with Crippen LogP contribution < -0.4 is 4.74 Å². The first-order valence-corrected chi connectivity index (χ1v) is 7.37. The highest BCUT2D eigenvalue weighted by molar-refractivity contribution is 7.90. The van der Waals surface area contributed by atoms with E-state index in [1.165, 1.54) is 30.3 Å². The van der Waals surface area contributed by atoms with Crippen LogP contribution in [-0.4, -0.2) is 25.4 Å². The third-order valence-corrected chi connectivity index (χ3v) is 4.21. The van der Waals surface area contributed by atoms with E-state index in [0.29, 0.717) is 5.56 Å². The first-order valence-electron chi connectivity index (χ1n) is 5.93. The number of carboxylic acids is 1. The molecule has 0 saturated heterocycles. The van der Waals surface area contributed by atoms with E-state index in [-0.39, 0.29) is 22.1 Å². The summed E-state index contributed by atoms with van der Waals surface area (Å²) < 4.78 is 32.7. The number of carbonyl (C=O) groups is 1. The molecule has 0 aromatic heterocycles. The average Bonchev–Trinajstić information content (AvgIpc) is 2.71. The third kappa shape index (κ3) is 2.38. The van der Waals surface area contributed by atoms with Gasteiger partial charge in [0.1, 0.15) is 10.6 Å². The molecular weight excluding hydrogens is 294 g/mol. The number of ether oxygens (including phenoxy) is 1. The summed E-state index contributed by atoms with van der Waals surface area (Å²) >= 11 is 0. The number of sulfonamides is 1. The van der Waals surface area contributed by atoms with Crippen molar-refractivity contribution in [3.8, 4) is 5.75 Å². The molecule has 0 saturated carbocycles. The highest BCUT2D eigenvalue weighted by atomic mass is 32.2. The number of rotatable bonds is 2. The summed E-state index contributed by atoms with van der Waals surface area (Å²) in [4.78, 5) is 11.0. The van der Waals surface area contributed by atoms with Gasteiger partial charge in [-0.1, -0.05) is 18.2 Å². The van der Waals surface area contributed by atoms with Crippen molar-refractivity contribution in [2.75, 3.05) is 0 Å². The molecule has 0 bridgehead atoms. The van der Waals surface area contributed by atoms with E-state index in [4.69, 9.17) is 9.84 Å². The highest BCUT2D eigenvalue weighted by Gasteiger charge is 2.30. The minimum atomic E-state index is -3.75. The molecule has 3 rings (SSSR count). The summed E-state index contributed by atoms with van der Waals surface area (Å²) in [5.41, 5.74) is 0.403. The second-order valence-corrected chi connectivity index (χ2v) is 5.88. The van der Waals surface area contributed by atoms with Crippen LogP contribution in [-0.2, 0) is 10.0 Å². The molecule has 0 spiro atoms. The monoisotopic (exact) mass is 303 g/mol. The molecule has 1 heterocycles. The molecule has 2 aromatic rings. The van der Waals surface area contributed by atoms with E-state index in [9.17, 15) is 13.2 Å². The summed E-state index contributed by atoms with van der Waals surface area (Å²) in [5.74, 6) is -0.949. The van der Waals surface area contributed by atoms with Crippen molar-refractivity contribution < 1.29 is 23.1 Å². The summed E-state index contributed by atoms with van der Waals surface area (Å²) in [6.07, 6.45) is 0. The van der Waals surface area contributed by atoms with Gasteiger partial charge in [-0.3, -0.25) is 0 Å². The van der Waals surface area contributed by atoms with Crippen LogP contribution in [0.15, 0.2) is 57.8 Å². The van der Waals surface area contributed by atoms with Crippen LogP contribution in [0.25, 0.3) is 0 Å². The molecule has 7 heteroatoms. The third-order valence-electron chi connectivity index (χ3n) is 2.89. The van der Waals surface area contributed by atoms with Crippen LogP contribution in [0.3, 0.4) is 0 Å². The zero-order chi connectivity index (χ0) is 15.0. The zero-order valence-corrected chi connectivity index (χ0v) is 11.4. The van der Waals surface area contributed by atoms with E-state index in [1.54, 1.807) is 18.2 Å². The molecule has 1 aliphatic heterocycles. The average molecular weight is 303 g/mol. The Hall–Kier alpha value is -2.67. The fourth-order valence-electron chi connectivity index (χ4n) is 1.95. The van der Waals surface area contributed by atoms with Crippen LogP contribution in [0.4, 0.5) is 0 Å². The van der Waals surface area contributed by atoms with Crippen molar-refractivity contribution in [3.63, 3.8) is 0 Å². The molecule has 106 valence electrons. The van der Waals surface area contributed by atoms with Gasteiger partial charge in [-0.2, -0.15) is 8.42 Å². The number of nitrogens with zero attached hydrogens (tertiary/aromatic N) is 1. The lowest BCUT2D eigenvalue weighted by Crippen LogP contribution is -2.08. The molecule has 2 aromatic carbocycles. The Morgan fingerprint density at radius 3 is 2.62 bits per heavy atom. The quantitative estimate of drug-likeness (QED) is 0.914. The van der Waals surface area contributed by atoms with Crippen LogP contribution in [0.2, 0.25) is 0 Å². The van der Waals surface area contributed by atoms with Crippen LogP contribution in [0.1, 0.15) is 15.9 Å². The molecule has 21 heavy (non-hydrogen) atoms. The Kier molecular flexibility index (Phi) is 2.99. The SMILES string of the molecule is O=C(O)c1cccc(OC2=NS(=O)(=O)c3ccccc32)c1. The number of hydrogen-bond acceptors (Lipinski definition) is 4. The van der Waals surface area contributed by atoms with Gasteiger partial charge in [0, 0.05) is 0 Å². The number of hydrogen-bond donors (Lipinski definition) is 1. The maximum Gasteiger partial charge on any atom is 0.335 e. The number of carboxylic acid groups (broad SMARTS) is 1. The van der Waals surface area contributed by atoms with Gasteiger partial charge in [-0.25, -0.2) is 4.79 Å². The highest BCUT2D eigenvalue weighted by Crippen LogP contribution is 2.27. The van der Waals surface area contributed by atoms with E-state index in [1.807, 2.05) is 0 Å². The van der Waals surface area contributed by atoms with Gasteiger partial charge < -0.3 is 9.84 Å². The Balaban J connectivity index is 2.00. The van der Waals surface area contributed by atoms with Gasteiger partial charge in [0.25, 0.3) is 10.0 Å². The van der Waals surface area contributed by atoms with Crippen molar-refractivity contribution in [3.05, 3.63) is 59.7 Å². The van der Waals surface area contributed by atoms with Gasteiger partial charge in [0.05, 0.1) is 11.1 Å². The van der Waals surface area contributed by atoms with Crippen LogP contribution in [0, 0.1) is 0 Å². The van der Waals surface area contributed by atoms with Gasteiger partial charge in [0.15, 0.2) is 0 Å². The summed E-state index contributed by atoms with van der Waals surface area (Å²) in [5, 5.41) is 8.93. The molecule has 6 nitrogen and oxygen atoms in total. The van der Waals surface area contributed by atoms with E-state index >= 15 is 0 Å². The Morgan fingerprint density at radius 2 is 1.86 bits per heavy atom. The molecular formula is C14H9NO5S. The second-order valence-electron chi connectivity index (χ2n) is 4.30.